The second-order valence-electron chi connectivity index (χ2n) is 9.46. The molecule has 2 aliphatic rings. The number of hydrogen-bond acceptors (Lipinski definition) is 11. The first-order valence-corrected chi connectivity index (χ1v) is 15.9. The van der Waals surface area contributed by atoms with Crippen molar-refractivity contribution in [2.45, 2.75) is 30.4 Å². The number of nitrogens with zero attached hydrogens (tertiary/aromatic N) is 1. The third-order valence-corrected chi connectivity index (χ3v) is 11.2. The van der Waals surface area contributed by atoms with Gasteiger partial charge >= 0.3 is 11.9 Å². The number of ether oxygens (including phenoxy) is 4. The Balaban J connectivity index is 1.19. The van der Waals surface area contributed by atoms with Crippen molar-refractivity contribution in [2.24, 2.45) is 5.92 Å². The van der Waals surface area contributed by atoms with Gasteiger partial charge in [0.25, 0.3) is 15.9 Å². The number of benzene rings is 1. The molecule has 218 valence electrons. The highest BCUT2D eigenvalue weighted by molar-refractivity contribution is 7.91. The summed E-state index contributed by atoms with van der Waals surface area (Å²) in [4.78, 5) is 38.9. The van der Waals surface area contributed by atoms with Crippen LogP contribution in [0.3, 0.4) is 0 Å². The summed E-state index contributed by atoms with van der Waals surface area (Å²) in [6.07, 6.45) is 0.991. The molecule has 3 aromatic rings. The van der Waals surface area contributed by atoms with Crippen LogP contribution in [0.2, 0.25) is 0 Å². The zero-order chi connectivity index (χ0) is 29.1. The number of sulfonamides is 1. The molecule has 1 N–H and O–H groups in total. The van der Waals surface area contributed by atoms with E-state index >= 15 is 0 Å². The van der Waals surface area contributed by atoms with E-state index in [1.165, 1.54) is 22.8 Å². The van der Waals surface area contributed by atoms with Gasteiger partial charge in [0.15, 0.2) is 18.1 Å². The zero-order valence-electron chi connectivity index (χ0n) is 22.3. The molecule has 0 bridgehead atoms. The molecule has 0 unspecified atom stereocenters. The van der Waals surface area contributed by atoms with Gasteiger partial charge in [0.2, 0.25) is 6.79 Å². The highest BCUT2D eigenvalue weighted by Gasteiger charge is 2.33. The fraction of sp³-hybridized carbons (Fsp3) is 0.370. The fourth-order valence-electron chi connectivity index (χ4n) is 4.74. The van der Waals surface area contributed by atoms with Gasteiger partial charge in [-0.15, -0.1) is 22.7 Å². The first-order chi connectivity index (χ1) is 19.7. The lowest BCUT2D eigenvalue weighted by molar-refractivity contribution is -0.152. The Hall–Kier alpha value is -3.46. The predicted molar refractivity (Wildman–Crippen MR) is 151 cm³/mol. The SMILES string of the molecule is COC(=O)c1c(NC(=O)COC(=O)C2CCN(S(=O)(=O)c3cccs3)CC2)sc(C)c1Cc1ccc2c(c1)OCO2. The molecule has 0 atom stereocenters. The van der Waals surface area contributed by atoms with Gasteiger partial charge in [0.05, 0.1) is 18.6 Å². The van der Waals surface area contributed by atoms with E-state index in [1.807, 2.05) is 19.1 Å². The van der Waals surface area contributed by atoms with Crippen LogP contribution in [0.15, 0.2) is 39.9 Å². The molecule has 41 heavy (non-hydrogen) atoms. The molecule has 11 nitrogen and oxygen atoms in total. The second-order valence-corrected chi connectivity index (χ2v) is 13.8. The third kappa shape index (κ3) is 6.25. The number of methoxy groups -OCH3 is 1. The molecule has 0 saturated carbocycles. The predicted octanol–water partition coefficient (Wildman–Crippen LogP) is 3.81. The third-order valence-electron chi connectivity index (χ3n) is 6.89. The summed E-state index contributed by atoms with van der Waals surface area (Å²) in [7, 11) is -2.31. The van der Waals surface area contributed by atoms with E-state index in [1.54, 1.807) is 23.6 Å². The summed E-state index contributed by atoms with van der Waals surface area (Å²) in [6.45, 7) is 1.84. The van der Waals surface area contributed by atoms with Crippen LogP contribution < -0.4 is 14.8 Å². The number of piperidine rings is 1. The topological polar surface area (TPSA) is 138 Å². The Kier molecular flexibility index (Phi) is 8.63. The number of aryl methyl sites for hydroxylation is 1. The van der Waals surface area contributed by atoms with Crippen LogP contribution in [0, 0.1) is 12.8 Å². The number of hydrogen-bond donors (Lipinski definition) is 1. The lowest BCUT2D eigenvalue weighted by Crippen LogP contribution is -2.40. The Morgan fingerprint density at radius 1 is 1.12 bits per heavy atom. The van der Waals surface area contributed by atoms with Crippen LogP contribution in [-0.2, 0) is 35.5 Å². The molecule has 1 amide bonds. The van der Waals surface area contributed by atoms with E-state index in [0.29, 0.717) is 41.3 Å². The Morgan fingerprint density at radius 2 is 1.88 bits per heavy atom. The van der Waals surface area contributed by atoms with Crippen molar-refractivity contribution in [3.63, 3.8) is 0 Å². The van der Waals surface area contributed by atoms with Crippen molar-refractivity contribution < 1.29 is 41.7 Å². The maximum atomic E-state index is 12.7. The lowest BCUT2D eigenvalue weighted by Gasteiger charge is -2.29. The van der Waals surface area contributed by atoms with Crippen molar-refractivity contribution in [3.05, 3.63) is 57.3 Å². The minimum absolute atomic E-state index is 0.154. The molecule has 1 aromatic carbocycles. The number of esters is 2. The van der Waals surface area contributed by atoms with Gasteiger partial charge in [-0.3, -0.25) is 9.59 Å². The molecule has 14 heteroatoms. The molecular formula is C27H28N2O9S3. The Labute approximate surface area is 245 Å². The molecule has 2 aromatic heterocycles. The normalized spacial score (nSPS) is 15.5. The van der Waals surface area contributed by atoms with Gasteiger partial charge in [-0.2, -0.15) is 4.31 Å². The van der Waals surface area contributed by atoms with Crippen LogP contribution in [0.25, 0.3) is 0 Å². The average molecular weight is 621 g/mol. The first kappa shape index (κ1) is 29.0. The minimum atomic E-state index is -3.58. The number of carbonyl (C=O) groups is 3. The van der Waals surface area contributed by atoms with Crippen molar-refractivity contribution in [1.29, 1.82) is 0 Å². The summed E-state index contributed by atoms with van der Waals surface area (Å²) in [5.74, 6) is -0.993. The molecule has 1 fully saturated rings. The van der Waals surface area contributed by atoms with Gasteiger partial charge in [-0.25, -0.2) is 13.2 Å². The molecule has 5 rings (SSSR count). The maximum Gasteiger partial charge on any atom is 0.341 e. The standard InChI is InChI=1S/C27H28N2O9S3/c1-16-19(12-17-5-6-20-21(13-17)38-15-37-20)24(27(32)35-2)25(40-16)28-22(30)14-36-26(31)18-7-9-29(10-8-18)41(33,34)23-4-3-11-39-23/h3-6,11,13,18H,7-10,12,14-15H2,1-2H3,(H,28,30). The average Bonchev–Trinajstić information content (AvgIpc) is 3.73. The van der Waals surface area contributed by atoms with Gasteiger partial charge in [-0.1, -0.05) is 12.1 Å². The van der Waals surface area contributed by atoms with Gasteiger partial charge < -0.3 is 24.3 Å². The number of nitrogens with one attached hydrogen (secondary N) is 1. The number of rotatable bonds is 9. The Bertz CT molecular complexity index is 1560. The van der Waals surface area contributed by atoms with E-state index in [-0.39, 0.29) is 29.7 Å². The van der Waals surface area contributed by atoms with Crippen LogP contribution in [0.4, 0.5) is 5.00 Å². The quantitative estimate of drug-likeness (QED) is 0.354. The Morgan fingerprint density at radius 3 is 2.59 bits per heavy atom. The van der Waals surface area contributed by atoms with E-state index < -0.39 is 40.4 Å². The summed E-state index contributed by atoms with van der Waals surface area (Å²) in [5.41, 5.74) is 1.84. The summed E-state index contributed by atoms with van der Waals surface area (Å²) in [5, 5.41) is 4.69. The molecular weight excluding hydrogens is 593 g/mol. The number of amides is 1. The van der Waals surface area contributed by atoms with E-state index in [9.17, 15) is 22.8 Å². The second kappa shape index (κ2) is 12.2. The van der Waals surface area contributed by atoms with E-state index in [2.05, 4.69) is 5.32 Å². The van der Waals surface area contributed by atoms with Gasteiger partial charge in [-0.05, 0) is 60.9 Å². The van der Waals surface area contributed by atoms with Crippen molar-refractivity contribution in [2.75, 3.05) is 38.9 Å². The summed E-state index contributed by atoms with van der Waals surface area (Å²) >= 11 is 2.38. The molecule has 4 heterocycles. The monoisotopic (exact) mass is 620 g/mol. The maximum absolute atomic E-state index is 12.7. The van der Waals surface area contributed by atoms with Crippen molar-refractivity contribution in [3.8, 4) is 11.5 Å². The van der Waals surface area contributed by atoms with Crippen LogP contribution >= 0.6 is 22.7 Å². The smallest absolute Gasteiger partial charge is 0.341 e. The molecule has 1 saturated heterocycles. The summed E-state index contributed by atoms with van der Waals surface area (Å²) in [6, 6.07) is 8.77. The zero-order valence-corrected chi connectivity index (χ0v) is 24.8. The van der Waals surface area contributed by atoms with Crippen molar-refractivity contribution >= 4 is 55.5 Å². The van der Waals surface area contributed by atoms with Crippen LogP contribution in [0.5, 0.6) is 11.5 Å². The van der Waals surface area contributed by atoms with Gasteiger partial charge in [0, 0.05) is 18.0 Å². The largest absolute Gasteiger partial charge is 0.465 e. The lowest BCUT2D eigenvalue weighted by atomic mass is 9.98. The fourth-order valence-corrected chi connectivity index (χ4v) is 8.43. The number of anilines is 1. The molecule has 0 spiro atoms. The van der Waals surface area contributed by atoms with Gasteiger partial charge in [0.1, 0.15) is 9.21 Å². The van der Waals surface area contributed by atoms with E-state index in [0.717, 1.165) is 21.8 Å². The van der Waals surface area contributed by atoms with E-state index in [4.69, 9.17) is 18.9 Å². The highest BCUT2D eigenvalue weighted by atomic mass is 32.2. The number of fused-ring (bicyclic) bond motifs is 1. The molecule has 0 radical (unpaired) electrons. The minimum Gasteiger partial charge on any atom is -0.465 e. The number of thiophene rings is 2. The first-order valence-electron chi connectivity index (χ1n) is 12.8. The molecule has 2 aliphatic heterocycles. The van der Waals surface area contributed by atoms with Crippen LogP contribution in [0.1, 0.15) is 39.2 Å². The van der Waals surface area contributed by atoms with Crippen molar-refractivity contribution in [1.82, 2.24) is 4.31 Å². The number of carbonyl (C=O) groups excluding carboxylic acids is 3. The van der Waals surface area contributed by atoms with Crippen LogP contribution in [-0.4, -0.2) is 64.2 Å². The summed E-state index contributed by atoms with van der Waals surface area (Å²) < 4.78 is 48.1. The molecule has 0 aliphatic carbocycles. The highest BCUT2D eigenvalue weighted by Crippen LogP contribution is 2.38.